The average Bonchev–Trinajstić information content (AvgIpc) is 2.87. The van der Waals surface area contributed by atoms with Crippen molar-refractivity contribution < 1.29 is 5.11 Å². The van der Waals surface area contributed by atoms with Gasteiger partial charge in [0.05, 0.1) is 6.10 Å². The average molecular weight is 273 g/mol. The summed E-state index contributed by atoms with van der Waals surface area (Å²) in [5.74, 6) is 0.786. The third-order valence-corrected chi connectivity index (χ3v) is 5.06. The highest BCUT2D eigenvalue weighted by Gasteiger charge is 2.21. The molecular formula is C18H27NO. The molecule has 1 fully saturated rings. The lowest BCUT2D eigenvalue weighted by molar-refractivity contribution is 0.0930. The molecule has 0 radical (unpaired) electrons. The van der Waals surface area contributed by atoms with Gasteiger partial charge in [-0.05, 0) is 36.3 Å². The van der Waals surface area contributed by atoms with E-state index < -0.39 is 0 Å². The molecule has 20 heavy (non-hydrogen) atoms. The second-order valence-electron chi connectivity index (χ2n) is 6.61. The Morgan fingerprint density at radius 1 is 1.05 bits per heavy atom. The molecule has 1 N–H and O–H groups in total. The second-order valence-corrected chi connectivity index (χ2v) is 6.61. The Hall–Kier alpha value is -0.860. The minimum Gasteiger partial charge on any atom is -0.392 e. The van der Waals surface area contributed by atoms with Gasteiger partial charge in [-0.1, -0.05) is 49.9 Å². The van der Waals surface area contributed by atoms with Crippen molar-refractivity contribution in [2.75, 3.05) is 19.6 Å². The van der Waals surface area contributed by atoms with Crippen molar-refractivity contribution in [3.8, 4) is 0 Å². The molecule has 0 aromatic heterocycles. The second kappa shape index (κ2) is 6.73. The summed E-state index contributed by atoms with van der Waals surface area (Å²) in [4.78, 5) is 2.46. The molecule has 2 heteroatoms. The monoisotopic (exact) mass is 273 g/mol. The Morgan fingerprint density at radius 3 is 2.25 bits per heavy atom. The van der Waals surface area contributed by atoms with Gasteiger partial charge < -0.3 is 10.0 Å². The summed E-state index contributed by atoms with van der Waals surface area (Å²) >= 11 is 0. The fraction of sp³-hybridized carbons (Fsp3) is 0.667. The quantitative estimate of drug-likeness (QED) is 0.911. The molecule has 1 atom stereocenters. The Balaban J connectivity index is 1.49. The molecule has 3 rings (SSSR count). The van der Waals surface area contributed by atoms with Crippen LogP contribution in [0.2, 0.25) is 0 Å². The molecule has 1 aromatic rings. The molecule has 0 saturated heterocycles. The molecule has 0 bridgehead atoms. The van der Waals surface area contributed by atoms with Crippen LogP contribution in [0.3, 0.4) is 0 Å². The highest BCUT2D eigenvalue weighted by Crippen LogP contribution is 2.28. The number of hydrogen-bond acceptors (Lipinski definition) is 2. The summed E-state index contributed by atoms with van der Waals surface area (Å²) in [6, 6.07) is 8.80. The molecule has 1 heterocycles. The van der Waals surface area contributed by atoms with E-state index in [-0.39, 0.29) is 6.10 Å². The van der Waals surface area contributed by atoms with Gasteiger partial charge in [-0.25, -0.2) is 0 Å². The first-order valence-electron chi connectivity index (χ1n) is 8.28. The topological polar surface area (TPSA) is 23.5 Å². The van der Waals surface area contributed by atoms with Crippen molar-refractivity contribution in [1.82, 2.24) is 4.90 Å². The van der Waals surface area contributed by atoms with E-state index in [2.05, 4.69) is 29.2 Å². The summed E-state index contributed by atoms with van der Waals surface area (Å²) in [7, 11) is 0. The van der Waals surface area contributed by atoms with Crippen molar-refractivity contribution >= 4 is 0 Å². The van der Waals surface area contributed by atoms with Crippen LogP contribution in [0.5, 0.6) is 0 Å². The number of nitrogens with zero attached hydrogens (tertiary/aromatic N) is 1. The van der Waals surface area contributed by atoms with Gasteiger partial charge in [0.15, 0.2) is 0 Å². The highest BCUT2D eigenvalue weighted by molar-refractivity contribution is 5.28. The third kappa shape index (κ3) is 3.62. The largest absolute Gasteiger partial charge is 0.392 e. The minimum absolute atomic E-state index is 0.126. The molecule has 0 amide bonds. The van der Waals surface area contributed by atoms with Crippen LogP contribution in [0.1, 0.15) is 43.2 Å². The van der Waals surface area contributed by atoms with Crippen LogP contribution < -0.4 is 0 Å². The normalized spacial score (nSPS) is 22.4. The van der Waals surface area contributed by atoms with E-state index in [1.165, 1.54) is 36.8 Å². The maximum atomic E-state index is 10.3. The van der Waals surface area contributed by atoms with E-state index in [0.29, 0.717) is 0 Å². The first-order valence-corrected chi connectivity index (χ1v) is 8.28. The van der Waals surface area contributed by atoms with Gasteiger partial charge in [0, 0.05) is 19.6 Å². The molecule has 1 aliphatic heterocycles. The fourth-order valence-electron chi connectivity index (χ4n) is 3.90. The molecule has 1 unspecified atom stereocenters. The van der Waals surface area contributed by atoms with Gasteiger partial charge in [-0.3, -0.25) is 0 Å². The Bertz CT molecular complexity index is 398. The van der Waals surface area contributed by atoms with Crippen LogP contribution in [0.15, 0.2) is 24.3 Å². The van der Waals surface area contributed by atoms with Crippen LogP contribution in [0.4, 0.5) is 0 Å². The number of hydrogen-bond donors (Lipinski definition) is 1. The summed E-state index contributed by atoms with van der Waals surface area (Å²) in [6.45, 7) is 3.06. The van der Waals surface area contributed by atoms with Gasteiger partial charge in [0.2, 0.25) is 0 Å². The van der Waals surface area contributed by atoms with Crippen LogP contribution in [-0.2, 0) is 12.8 Å². The first kappa shape index (κ1) is 14.1. The van der Waals surface area contributed by atoms with Gasteiger partial charge in [-0.2, -0.15) is 0 Å². The maximum absolute atomic E-state index is 10.3. The number of β-amino-alcohol motifs (C(OH)–C–C–N with tert-alkyl or cyclic N) is 1. The predicted molar refractivity (Wildman–Crippen MR) is 82.9 cm³/mol. The van der Waals surface area contributed by atoms with Crippen molar-refractivity contribution in [3.63, 3.8) is 0 Å². The number of fused-ring (bicyclic) bond motifs is 1. The van der Waals surface area contributed by atoms with E-state index in [9.17, 15) is 5.11 Å². The Labute approximate surface area is 122 Å². The van der Waals surface area contributed by atoms with E-state index in [4.69, 9.17) is 0 Å². The zero-order chi connectivity index (χ0) is 13.8. The lowest BCUT2D eigenvalue weighted by Gasteiger charge is -2.24. The van der Waals surface area contributed by atoms with Crippen LogP contribution >= 0.6 is 0 Å². The van der Waals surface area contributed by atoms with Gasteiger partial charge >= 0.3 is 0 Å². The van der Waals surface area contributed by atoms with Crippen molar-refractivity contribution in [2.45, 2.75) is 51.0 Å². The maximum Gasteiger partial charge on any atom is 0.0669 e. The molecule has 1 saturated carbocycles. The zero-order valence-corrected chi connectivity index (χ0v) is 12.4. The fourth-order valence-corrected chi connectivity index (χ4v) is 3.90. The lowest BCUT2D eigenvalue weighted by Crippen LogP contribution is -2.35. The Kier molecular flexibility index (Phi) is 4.74. The minimum atomic E-state index is -0.126. The van der Waals surface area contributed by atoms with Crippen molar-refractivity contribution in [1.29, 1.82) is 0 Å². The van der Waals surface area contributed by atoms with Gasteiger partial charge in [-0.15, -0.1) is 0 Å². The summed E-state index contributed by atoms with van der Waals surface area (Å²) in [6.07, 6.45) is 8.57. The number of aliphatic hydroxyl groups excluding tert-OH is 1. The molecule has 1 aromatic carbocycles. The summed E-state index contributed by atoms with van der Waals surface area (Å²) in [5.41, 5.74) is 3.00. The molecule has 110 valence electrons. The number of benzene rings is 1. The predicted octanol–water partition coefficient (Wildman–Crippen LogP) is 3.03. The molecular weight excluding hydrogens is 246 g/mol. The first-order chi connectivity index (χ1) is 9.81. The van der Waals surface area contributed by atoms with E-state index in [1.807, 2.05) is 0 Å². The standard InChI is InChI=1S/C18H27NO/c20-18(13-15-5-1-2-6-15)14-19-11-9-16-7-3-4-8-17(16)10-12-19/h3-4,7-8,15,18,20H,1-2,5-6,9-14H2. The number of aliphatic hydroxyl groups is 1. The smallest absolute Gasteiger partial charge is 0.0669 e. The van der Waals surface area contributed by atoms with Crippen molar-refractivity contribution in [2.24, 2.45) is 5.92 Å². The Morgan fingerprint density at radius 2 is 1.65 bits per heavy atom. The summed E-state index contributed by atoms with van der Waals surface area (Å²) in [5, 5.41) is 10.3. The molecule has 2 nitrogen and oxygen atoms in total. The van der Waals surface area contributed by atoms with E-state index >= 15 is 0 Å². The third-order valence-electron chi connectivity index (χ3n) is 5.06. The molecule has 1 aliphatic carbocycles. The van der Waals surface area contributed by atoms with Crippen LogP contribution in [-0.4, -0.2) is 35.7 Å². The summed E-state index contributed by atoms with van der Waals surface area (Å²) < 4.78 is 0. The van der Waals surface area contributed by atoms with Crippen molar-refractivity contribution in [3.05, 3.63) is 35.4 Å². The van der Waals surface area contributed by atoms with Crippen LogP contribution in [0.25, 0.3) is 0 Å². The molecule has 2 aliphatic rings. The number of rotatable bonds is 4. The van der Waals surface area contributed by atoms with Gasteiger partial charge in [0.25, 0.3) is 0 Å². The molecule has 0 spiro atoms. The van der Waals surface area contributed by atoms with Crippen LogP contribution in [0, 0.1) is 5.92 Å². The van der Waals surface area contributed by atoms with Gasteiger partial charge in [0.1, 0.15) is 0 Å². The van der Waals surface area contributed by atoms with E-state index in [1.54, 1.807) is 0 Å². The SMILES string of the molecule is OC(CC1CCCC1)CN1CCc2ccccc2CC1. The highest BCUT2D eigenvalue weighted by atomic mass is 16.3. The lowest BCUT2D eigenvalue weighted by atomic mass is 10.00. The van der Waals surface area contributed by atoms with E-state index in [0.717, 1.165) is 44.8 Å². The zero-order valence-electron chi connectivity index (χ0n) is 12.4.